The van der Waals surface area contributed by atoms with Gasteiger partial charge in [-0.3, -0.25) is 0 Å². The maximum Gasteiger partial charge on any atom is 0.149 e. The van der Waals surface area contributed by atoms with Gasteiger partial charge < -0.3 is 24.8 Å². The van der Waals surface area contributed by atoms with Gasteiger partial charge in [-0.1, -0.05) is 26.2 Å². The van der Waals surface area contributed by atoms with Crippen molar-refractivity contribution in [3.63, 3.8) is 0 Å². The Labute approximate surface area is 114 Å². The van der Waals surface area contributed by atoms with Crippen molar-refractivity contribution in [3.05, 3.63) is 12.3 Å². The van der Waals surface area contributed by atoms with Gasteiger partial charge in [0.15, 0.2) is 0 Å². The Morgan fingerprint density at radius 2 is 2.16 bits per heavy atom. The van der Waals surface area contributed by atoms with Gasteiger partial charge in [-0.05, 0) is 18.9 Å². The predicted molar refractivity (Wildman–Crippen MR) is 71.6 cm³/mol. The monoisotopic (exact) mass is 274 g/mol. The molecule has 5 nitrogen and oxygen atoms in total. The summed E-state index contributed by atoms with van der Waals surface area (Å²) in [5.74, 6) is 0. The van der Waals surface area contributed by atoms with Crippen LogP contribution in [-0.2, 0) is 9.47 Å². The molecule has 0 radical (unpaired) electrons. The number of hydrogen-bond donors (Lipinski definition) is 3. The number of unbranched alkanes of at least 4 members (excludes halogenated alkanes) is 4. The van der Waals surface area contributed by atoms with E-state index in [1.165, 1.54) is 19.3 Å². The van der Waals surface area contributed by atoms with Crippen molar-refractivity contribution in [2.75, 3.05) is 13.2 Å². The van der Waals surface area contributed by atoms with Crippen LogP contribution in [0.2, 0.25) is 0 Å². The SMILES string of the molecule is CCCCCC/C=C/O[C@@H]1CO[C@H]([C@@H](O)CO)[C@@H]1O. The van der Waals surface area contributed by atoms with Crippen molar-refractivity contribution in [1.82, 2.24) is 0 Å². The standard InChI is InChI=1S/C14H26O5/c1-2-3-4-5-6-7-8-18-12-10-19-14(13(12)17)11(16)9-15/h7-8,11-17H,2-6,9-10H2,1H3/b8-7+/t11-,12+,13+,14+/m0/s1. The molecule has 0 aromatic rings. The zero-order valence-corrected chi connectivity index (χ0v) is 11.6. The first-order chi connectivity index (χ1) is 9.20. The molecule has 0 saturated carbocycles. The largest absolute Gasteiger partial charge is 0.493 e. The molecular formula is C14H26O5. The first-order valence-corrected chi connectivity index (χ1v) is 7.09. The van der Waals surface area contributed by atoms with Crippen LogP contribution in [0.15, 0.2) is 12.3 Å². The van der Waals surface area contributed by atoms with Gasteiger partial charge in [0.05, 0.1) is 19.5 Å². The number of aliphatic hydroxyl groups excluding tert-OH is 3. The minimum absolute atomic E-state index is 0.225. The van der Waals surface area contributed by atoms with Crippen LogP contribution in [0.1, 0.15) is 39.0 Å². The second kappa shape index (κ2) is 9.31. The van der Waals surface area contributed by atoms with E-state index >= 15 is 0 Å². The van der Waals surface area contributed by atoms with Crippen LogP contribution < -0.4 is 0 Å². The van der Waals surface area contributed by atoms with Gasteiger partial charge in [0, 0.05) is 0 Å². The highest BCUT2D eigenvalue weighted by Gasteiger charge is 2.40. The van der Waals surface area contributed by atoms with Crippen LogP contribution >= 0.6 is 0 Å². The third-order valence-electron chi connectivity index (χ3n) is 3.31. The van der Waals surface area contributed by atoms with Gasteiger partial charge in [-0.25, -0.2) is 0 Å². The van der Waals surface area contributed by atoms with E-state index in [4.69, 9.17) is 14.6 Å². The van der Waals surface area contributed by atoms with E-state index in [2.05, 4.69) is 6.92 Å². The first kappa shape index (κ1) is 16.4. The highest BCUT2D eigenvalue weighted by Crippen LogP contribution is 2.20. The molecule has 0 bridgehead atoms. The summed E-state index contributed by atoms with van der Waals surface area (Å²) in [4.78, 5) is 0. The Hall–Kier alpha value is -0.620. The maximum absolute atomic E-state index is 9.87. The van der Waals surface area contributed by atoms with Crippen molar-refractivity contribution in [1.29, 1.82) is 0 Å². The molecule has 1 saturated heterocycles. The molecule has 1 heterocycles. The molecule has 1 fully saturated rings. The fraction of sp³-hybridized carbons (Fsp3) is 0.857. The molecule has 0 spiro atoms. The summed E-state index contributed by atoms with van der Waals surface area (Å²) in [7, 11) is 0. The summed E-state index contributed by atoms with van der Waals surface area (Å²) >= 11 is 0. The molecule has 0 aromatic carbocycles. The summed E-state index contributed by atoms with van der Waals surface area (Å²) in [6.45, 7) is 1.97. The van der Waals surface area contributed by atoms with Crippen molar-refractivity contribution in [2.24, 2.45) is 0 Å². The molecule has 1 aliphatic rings. The number of ether oxygens (including phenoxy) is 2. The number of rotatable bonds is 9. The Morgan fingerprint density at radius 3 is 2.84 bits per heavy atom. The lowest BCUT2D eigenvalue weighted by atomic mass is 10.1. The van der Waals surface area contributed by atoms with Crippen molar-refractivity contribution in [3.8, 4) is 0 Å². The summed E-state index contributed by atoms with van der Waals surface area (Å²) in [5.41, 5.74) is 0. The van der Waals surface area contributed by atoms with Crippen molar-refractivity contribution >= 4 is 0 Å². The van der Waals surface area contributed by atoms with E-state index in [1.54, 1.807) is 6.26 Å². The summed E-state index contributed by atoms with van der Waals surface area (Å²) in [6.07, 6.45) is 6.12. The Bertz CT molecular complexity index is 256. The molecule has 112 valence electrons. The summed E-state index contributed by atoms with van der Waals surface area (Å²) < 4.78 is 10.6. The normalized spacial score (nSPS) is 28.9. The molecule has 1 aliphatic heterocycles. The Balaban J connectivity index is 2.18. The zero-order valence-electron chi connectivity index (χ0n) is 11.6. The number of allylic oxidation sites excluding steroid dienone is 1. The van der Waals surface area contributed by atoms with Crippen LogP contribution in [-0.4, -0.2) is 52.9 Å². The molecule has 19 heavy (non-hydrogen) atoms. The van der Waals surface area contributed by atoms with E-state index < -0.39 is 31.0 Å². The smallest absolute Gasteiger partial charge is 0.149 e. The summed E-state index contributed by atoms with van der Waals surface area (Å²) in [5, 5.41) is 28.1. The Kier molecular flexibility index (Phi) is 8.05. The molecule has 0 amide bonds. The summed E-state index contributed by atoms with van der Waals surface area (Å²) in [6, 6.07) is 0. The van der Waals surface area contributed by atoms with Crippen LogP contribution in [0.25, 0.3) is 0 Å². The van der Waals surface area contributed by atoms with Gasteiger partial charge in [0.25, 0.3) is 0 Å². The topological polar surface area (TPSA) is 79.2 Å². The van der Waals surface area contributed by atoms with Crippen molar-refractivity contribution in [2.45, 2.75) is 63.4 Å². The maximum atomic E-state index is 9.87. The fourth-order valence-electron chi connectivity index (χ4n) is 2.09. The highest BCUT2D eigenvalue weighted by molar-refractivity contribution is 4.90. The van der Waals surface area contributed by atoms with E-state index in [1.807, 2.05) is 6.08 Å². The lowest BCUT2D eigenvalue weighted by molar-refractivity contribution is -0.0689. The van der Waals surface area contributed by atoms with Gasteiger partial charge >= 0.3 is 0 Å². The number of aliphatic hydroxyl groups is 3. The van der Waals surface area contributed by atoms with Gasteiger partial charge in [-0.2, -0.15) is 0 Å². The van der Waals surface area contributed by atoms with E-state index in [0.717, 1.165) is 12.8 Å². The average molecular weight is 274 g/mol. The van der Waals surface area contributed by atoms with E-state index in [0.29, 0.717) is 0 Å². The van der Waals surface area contributed by atoms with Gasteiger partial charge in [0.1, 0.15) is 24.4 Å². The molecule has 0 aromatic heterocycles. The molecule has 3 N–H and O–H groups in total. The van der Waals surface area contributed by atoms with Crippen LogP contribution in [0, 0.1) is 0 Å². The first-order valence-electron chi connectivity index (χ1n) is 7.09. The third-order valence-corrected chi connectivity index (χ3v) is 3.31. The second-order valence-electron chi connectivity index (χ2n) is 4.93. The lowest BCUT2D eigenvalue weighted by Gasteiger charge is -2.20. The van der Waals surface area contributed by atoms with E-state index in [-0.39, 0.29) is 6.61 Å². The van der Waals surface area contributed by atoms with Crippen molar-refractivity contribution < 1.29 is 24.8 Å². The zero-order chi connectivity index (χ0) is 14.1. The fourth-order valence-corrected chi connectivity index (χ4v) is 2.09. The molecular weight excluding hydrogens is 248 g/mol. The third kappa shape index (κ3) is 5.48. The average Bonchev–Trinajstić information content (AvgIpc) is 2.78. The molecule has 0 aliphatic carbocycles. The van der Waals surface area contributed by atoms with Crippen LogP contribution in [0.4, 0.5) is 0 Å². The van der Waals surface area contributed by atoms with Gasteiger partial charge in [0.2, 0.25) is 0 Å². The van der Waals surface area contributed by atoms with Crippen LogP contribution in [0.3, 0.4) is 0 Å². The van der Waals surface area contributed by atoms with E-state index in [9.17, 15) is 10.2 Å². The Morgan fingerprint density at radius 1 is 1.37 bits per heavy atom. The quantitative estimate of drug-likeness (QED) is 0.431. The molecule has 4 atom stereocenters. The van der Waals surface area contributed by atoms with Crippen LogP contribution in [0.5, 0.6) is 0 Å². The molecule has 1 rings (SSSR count). The highest BCUT2D eigenvalue weighted by atomic mass is 16.6. The van der Waals surface area contributed by atoms with Gasteiger partial charge in [-0.15, -0.1) is 0 Å². The molecule has 5 heteroatoms. The minimum atomic E-state index is -1.07. The number of hydrogen-bond acceptors (Lipinski definition) is 5. The minimum Gasteiger partial charge on any atom is -0.493 e. The molecule has 0 unspecified atom stereocenters. The predicted octanol–water partition coefficient (Wildman–Crippen LogP) is 0.969. The lowest BCUT2D eigenvalue weighted by Crippen LogP contribution is -2.40. The second-order valence-corrected chi connectivity index (χ2v) is 4.93.